The van der Waals surface area contributed by atoms with Crippen molar-refractivity contribution < 1.29 is 9.59 Å². The predicted molar refractivity (Wildman–Crippen MR) is 76.0 cm³/mol. The van der Waals surface area contributed by atoms with Crippen molar-refractivity contribution in [2.24, 2.45) is 23.7 Å². The van der Waals surface area contributed by atoms with E-state index in [9.17, 15) is 9.59 Å². The molecular weight excluding hydrogens is 236 g/mol. The zero-order valence-corrected chi connectivity index (χ0v) is 11.9. The molecule has 1 aromatic carbocycles. The SMILES string of the molecule is CC(C)[C@H]1CC[C@H](C)C(C(=O)c2ccccc2)C1=O. The highest BCUT2D eigenvalue weighted by atomic mass is 16.2. The molecule has 2 nitrogen and oxygen atoms in total. The third-order valence-electron chi connectivity index (χ3n) is 4.32. The van der Waals surface area contributed by atoms with Gasteiger partial charge < -0.3 is 0 Å². The van der Waals surface area contributed by atoms with Crippen molar-refractivity contribution in [3.05, 3.63) is 35.9 Å². The molecular formula is C17H22O2. The summed E-state index contributed by atoms with van der Waals surface area (Å²) >= 11 is 0. The molecule has 0 aliphatic heterocycles. The minimum Gasteiger partial charge on any atom is -0.299 e. The maximum atomic E-state index is 12.6. The number of hydrogen-bond acceptors (Lipinski definition) is 2. The molecule has 0 aromatic heterocycles. The minimum absolute atomic E-state index is 0.00319. The van der Waals surface area contributed by atoms with Gasteiger partial charge in [0.05, 0.1) is 5.92 Å². The summed E-state index contributed by atoms with van der Waals surface area (Å²) in [5, 5.41) is 0. The Bertz CT molecular complexity index is 461. The largest absolute Gasteiger partial charge is 0.299 e. The summed E-state index contributed by atoms with van der Waals surface area (Å²) in [4.78, 5) is 25.1. The van der Waals surface area contributed by atoms with Crippen molar-refractivity contribution in [2.75, 3.05) is 0 Å². The molecule has 0 radical (unpaired) electrons. The van der Waals surface area contributed by atoms with E-state index >= 15 is 0 Å². The van der Waals surface area contributed by atoms with Crippen molar-refractivity contribution in [3.8, 4) is 0 Å². The molecule has 1 unspecified atom stereocenters. The van der Waals surface area contributed by atoms with Gasteiger partial charge in [0.2, 0.25) is 0 Å². The van der Waals surface area contributed by atoms with Gasteiger partial charge in [-0.3, -0.25) is 9.59 Å². The van der Waals surface area contributed by atoms with Crippen LogP contribution in [0.2, 0.25) is 0 Å². The second-order valence-corrected chi connectivity index (χ2v) is 6.02. The standard InChI is InChI=1S/C17H22O2/c1-11(2)14-10-9-12(3)15(17(14)19)16(18)13-7-5-4-6-8-13/h4-8,11-12,14-15H,9-10H2,1-3H3/t12-,14+,15?/m0/s1. The summed E-state index contributed by atoms with van der Waals surface area (Å²) in [6, 6.07) is 9.21. The summed E-state index contributed by atoms with van der Waals surface area (Å²) in [7, 11) is 0. The highest BCUT2D eigenvalue weighted by Crippen LogP contribution is 2.36. The van der Waals surface area contributed by atoms with E-state index < -0.39 is 5.92 Å². The monoisotopic (exact) mass is 258 g/mol. The Hall–Kier alpha value is -1.44. The zero-order valence-electron chi connectivity index (χ0n) is 11.9. The quantitative estimate of drug-likeness (QED) is 0.611. The molecule has 0 N–H and O–H groups in total. The minimum atomic E-state index is -0.441. The lowest BCUT2D eigenvalue weighted by Gasteiger charge is -2.34. The molecule has 0 amide bonds. The third-order valence-corrected chi connectivity index (χ3v) is 4.32. The Labute approximate surface area is 115 Å². The van der Waals surface area contributed by atoms with Gasteiger partial charge in [0.15, 0.2) is 5.78 Å². The number of benzene rings is 1. The van der Waals surface area contributed by atoms with Crippen LogP contribution in [0.1, 0.15) is 44.0 Å². The third kappa shape index (κ3) is 2.78. The molecule has 19 heavy (non-hydrogen) atoms. The Balaban J connectivity index is 2.26. The second-order valence-electron chi connectivity index (χ2n) is 6.02. The fourth-order valence-electron chi connectivity index (χ4n) is 3.09. The average molecular weight is 258 g/mol. The first kappa shape index (κ1) is 14.0. The lowest BCUT2D eigenvalue weighted by molar-refractivity contribution is -0.130. The van der Waals surface area contributed by atoms with E-state index in [1.807, 2.05) is 25.1 Å². The zero-order chi connectivity index (χ0) is 14.0. The van der Waals surface area contributed by atoms with Crippen molar-refractivity contribution in [2.45, 2.75) is 33.6 Å². The second kappa shape index (κ2) is 5.68. The van der Waals surface area contributed by atoms with Gasteiger partial charge in [0.1, 0.15) is 5.78 Å². The van der Waals surface area contributed by atoms with Crippen LogP contribution >= 0.6 is 0 Å². The van der Waals surface area contributed by atoms with Crippen LogP contribution in [0.15, 0.2) is 30.3 Å². The van der Waals surface area contributed by atoms with E-state index in [1.165, 1.54) is 0 Å². The van der Waals surface area contributed by atoms with Crippen LogP contribution in [0.3, 0.4) is 0 Å². The normalized spacial score (nSPS) is 27.6. The fraction of sp³-hybridized carbons (Fsp3) is 0.529. The van der Waals surface area contributed by atoms with Crippen LogP contribution in [0.5, 0.6) is 0 Å². The van der Waals surface area contributed by atoms with Gasteiger partial charge in [-0.05, 0) is 24.7 Å². The van der Waals surface area contributed by atoms with Crippen molar-refractivity contribution in [1.82, 2.24) is 0 Å². The summed E-state index contributed by atoms with van der Waals surface area (Å²) in [5.41, 5.74) is 0.664. The number of carbonyl (C=O) groups excluding carboxylic acids is 2. The number of ketones is 2. The smallest absolute Gasteiger partial charge is 0.173 e. The molecule has 0 spiro atoms. The number of hydrogen-bond donors (Lipinski definition) is 0. The summed E-state index contributed by atoms with van der Waals surface area (Å²) in [5.74, 6) is 0.254. The molecule has 1 saturated carbocycles. The van der Waals surface area contributed by atoms with Crippen LogP contribution in [0.4, 0.5) is 0 Å². The summed E-state index contributed by atoms with van der Waals surface area (Å²) < 4.78 is 0. The molecule has 2 heteroatoms. The lowest BCUT2D eigenvalue weighted by atomic mass is 9.68. The van der Waals surface area contributed by atoms with Gasteiger partial charge >= 0.3 is 0 Å². The van der Waals surface area contributed by atoms with Gasteiger partial charge in [-0.1, -0.05) is 51.1 Å². The van der Waals surface area contributed by atoms with Crippen LogP contribution in [-0.4, -0.2) is 11.6 Å². The first-order valence-electron chi connectivity index (χ1n) is 7.15. The molecule has 1 aliphatic rings. The Morgan fingerprint density at radius 1 is 1.16 bits per heavy atom. The first-order chi connectivity index (χ1) is 9.02. The topological polar surface area (TPSA) is 34.1 Å². The van der Waals surface area contributed by atoms with Gasteiger partial charge in [-0.2, -0.15) is 0 Å². The van der Waals surface area contributed by atoms with E-state index in [2.05, 4.69) is 13.8 Å². The lowest BCUT2D eigenvalue weighted by Crippen LogP contribution is -2.40. The molecule has 102 valence electrons. The van der Waals surface area contributed by atoms with Crippen LogP contribution in [0, 0.1) is 23.7 Å². The molecule has 1 aromatic rings. The van der Waals surface area contributed by atoms with E-state index in [0.717, 1.165) is 12.8 Å². The summed E-state index contributed by atoms with van der Waals surface area (Å²) in [6.45, 7) is 6.17. The molecule has 0 bridgehead atoms. The van der Waals surface area contributed by atoms with Gasteiger partial charge in [0.25, 0.3) is 0 Å². The van der Waals surface area contributed by atoms with E-state index in [0.29, 0.717) is 11.5 Å². The number of Topliss-reactive ketones (excluding diaryl/α,β-unsaturated/α-hetero) is 2. The fourth-order valence-corrected chi connectivity index (χ4v) is 3.09. The Kier molecular flexibility index (Phi) is 4.18. The van der Waals surface area contributed by atoms with E-state index in [1.54, 1.807) is 12.1 Å². The van der Waals surface area contributed by atoms with E-state index in [-0.39, 0.29) is 23.4 Å². The Morgan fingerprint density at radius 3 is 2.37 bits per heavy atom. The van der Waals surface area contributed by atoms with Gasteiger partial charge in [-0.25, -0.2) is 0 Å². The maximum Gasteiger partial charge on any atom is 0.173 e. The van der Waals surface area contributed by atoms with Crippen LogP contribution < -0.4 is 0 Å². The van der Waals surface area contributed by atoms with Crippen molar-refractivity contribution in [1.29, 1.82) is 0 Å². The molecule has 1 fully saturated rings. The molecule has 0 saturated heterocycles. The van der Waals surface area contributed by atoms with Crippen molar-refractivity contribution >= 4 is 11.6 Å². The summed E-state index contributed by atoms with van der Waals surface area (Å²) in [6.07, 6.45) is 1.90. The predicted octanol–water partition coefficient (Wildman–Crippen LogP) is 3.76. The molecule has 3 atom stereocenters. The molecule has 2 rings (SSSR count). The highest BCUT2D eigenvalue weighted by Gasteiger charge is 2.41. The van der Waals surface area contributed by atoms with Crippen LogP contribution in [-0.2, 0) is 4.79 Å². The maximum absolute atomic E-state index is 12.6. The van der Waals surface area contributed by atoms with Crippen LogP contribution in [0.25, 0.3) is 0 Å². The van der Waals surface area contributed by atoms with Gasteiger partial charge in [0, 0.05) is 11.5 Å². The number of carbonyl (C=O) groups is 2. The van der Waals surface area contributed by atoms with Crippen molar-refractivity contribution in [3.63, 3.8) is 0 Å². The first-order valence-corrected chi connectivity index (χ1v) is 7.15. The number of rotatable bonds is 3. The van der Waals surface area contributed by atoms with Gasteiger partial charge in [-0.15, -0.1) is 0 Å². The molecule has 1 aliphatic carbocycles. The molecule has 0 heterocycles. The Morgan fingerprint density at radius 2 is 1.79 bits per heavy atom. The average Bonchev–Trinajstić information content (AvgIpc) is 2.39. The van der Waals surface area contributed by atoms with E-state index in [4.69, 9.17) is 0 Å². The highest BCUT2D eigenvalue weighted by molar-refractivity contribution is 6.11.